The summed E-state index contributed by atoms with van der Waals surface area (Å²) >= 11 is 6.56. The van der Waals surface area contributed by atoms with Gasteiger partial charge in [-0.3, -0.25) is 4.40 Å². The van der Waals surface area contributed by atoms with Gasteiger partial charge in [0, 0.05) is 24.6 Å². The predicted octanol–water partition coefficient (Wildman–Crippen LogP) is 4.46. The van der Waals surface area contributed by atoms with E-state index in [1.165, 1.54) is 0 Å². The van der Waals surface area contributed by atoms with Crippen LogP contribution in [0.1, 0.15) is 18.5 Å². The first-order chi connectivity index (χ1) is 13.7. The van der Waals surface area contributed by atoms with Crippen molar-refractivity contribution in [3.63, 3.8) is 0 Å². The molecule has 3 aromatic heterocycles. The van der Waals surface area contributed by atoms with Crippen molar-refractivity contribution in [2.75, 3.05) is 13.2 Å². The summed E-state index contributed by atoms with van der Waals surface area (Å²) in [7, 11) is 0. The second-order valence-corrected chi connectivity index (χ2v) is 7.32. The second-order valence-electron chi connectivity index (χ2n) is 6.92. The van der Waals surface area contributed by atoms with Crippen LogP contribution < -0.4 is 4.74 Å². The molecule has 0 aliphatic carbocycles. The van der Waals surface area contributed by atoms with E-state index >= 15 is 0 Å². The highest BCUT2D eigenvalue weighted by molar-refractivity contribution is 6.33. The Labute approximate surface area is 167 Å². The maximum atomic E-state index is 6.56. The number of imidazole rings is 1. The Morgan fingerprint density at radius 2 is 2.04 bits per heavy atom. The van der Waals surface area contributed by atoms with Crippen LogP contribution in [-0.2, 0) is 4.74 Å². The van der Waals surface area contributed by atoms with Gasteiger partial charge in [-0.1, -0.05) is 11.6 Å². The molecule has 1 aliphatic rings. The van der Waals surface area contributed by atoms with E-state index in [2.05, 4.69) is 15.0 Å². The maximum Gasteiger partial charge on any atom is 0.164 e. The molecule has 0 atom stereocenters. The highest BCUT2D eigenvalue weighted by Gasteiger charge is 2.19. The number of rotatable bonds is 3. The largest absolute Gasteiger partial charge is 0.490 e. The Kier molecular flexibility index (Phi) is 4.37. The minimum atomic E-state index is 0.161. The minimum Gasteiger partial charge on any atom is -0.490 e. The molecule has 0 radical (unpaired) electrons. The molecule has 6 nitrogen and oxygen atoms in total. The van der Waals surface area contributed by atoms with E-state index in [1.54, 1.807) is 6.20 Å². The molecule has 1 aromatic carbocycles. The first-order valence-electron chi connectivity index (χ1n) is 9.34. The summed E-state index contributed by atoms with van der Waals surface area (Å²) in [6.45, 7) is 3.44. The van der Waals surface area contributed by atoms with Gasteiger partial charge in [-0.05, 0) is 37.3 Å². The smallest absolute Gasteiger partial charge is 0.164 e. The van der Waals surface area contributed by atoms with E-state index in [4.69, 9.17) is 21.1 Å². The van der Waals surface area contributed by atoms with Crippen LogP contribution >= 0.6 is 11.6 Å². The molecule has 4 heterocycles. The molecule has 0 bridgehead atoms. The van der Waals surface area contributed by atoms with Crippen LogP contribution in [0.15, 0.2) is 42.7 Å². The van der Waals surface area contributed by atoms with Crippen LogP contribution in [0.2, 0.25) is 5.02 Å². The van der Waals surface area contributed by atoms with Gasteiger partial charge in [0.1, 0.15) is 23.2 Å². The van der Waals surface area contributed by atoms with E-state index in [9.17, 15) is 0 Å². The summed E-state index contributed by atoms with van der Waals surface area (Å²) < 4.78 is 13.6. The maximum absolute atomic E-state index is 6.56. The van der Waals surface area contributed by atoms with Crippen LogP contribution in [0.25, 0.3) is 28.1 Å². The van der Waals surface area contributed by atoms with Gasteiger partial charge >= 0.3 is 0 Å². The molecule has 5 rings (SSSR count). The number of fused-ring (bicyclic) bond motifs is 3. The number of aryl methyl sites for hydroxylation is 1. The SMILES string of the molecule is Cc1nc2cccnc2n2c(-c3cc(OC4CCOCC4)ccc3Cl)ncc12. The zero-order valence-electron chi connectivity index (χ0n) is 15.4. The fraction of sp³-hybridized carbons (Fsp3) is 0.286. The van der Waals surface area contributed by atoms with Crippen molar-refractivity contribution in [2.45, 2.75) is 25.9 Å². The third-order valence-electron chi connectivity index (χ3n) is 5.05. The molecule has 142 valence electrons. The fourth-order valence-electron chi connectivity index (χ4n) is 3.63. The summed E-state index contributed by atoms with van der Waals surface area (Å²) in [6, 6.07) is 9.55. The van der Waals surface area contributed by atoms with Gasteiger partial charge in [0.2, 0.25) is 0 Å². The molecule has 0 spiro atoms. The molecular weight excluding hydrogens is 376 g/mol. The van der Waals surface area contributed by atoms with Crippen molar-refractivity contribution >= 4 is 28.3 Å². The van der Waals surface area contributed by atoms with Gasteiger partial charge in [-0.15, -0.1) is 0 Å². The van der Waals surface area contributed by atoms with E-state index in [0.29, 0.717) is 5.02 Å². The van der Waals surface area contributed by atoms with Gasteiger partial charge in [0.15, 0.2) is 5.65 Å². The quantitative estimate of drug-likeness (QED) is 0.513. The molecule has 7 heteroatoms. The Morgan fingerprint density at radius 1 is 1.18 bits per heavy atom. The van der Waals surface area contributed by atoms with Crippen molar-refractivity contribution in [2.24, 2.45) is 0 Å². The molecule has 0 N–H and O–H groups in total. The van der Waals surface area contributed by atoms with Gasteiger partial charge in [-0.25, -0.2) is 15.0 Å². The number of halogens is 1. The fourth-order valence-corrected chi connectivity index (χ4v) is 3.83. The van der Waals surface area contributed by atoms with E-state index in [1.807, 2.05) is 47.9 Å². The molecule has 4 aromatic rings. The Hall–Kier alpha value is -2.70. The van der Waals surface area contributed by atoms with Crippen molar-refractivity contribution in [3.8, 4) is 17.1 Å². The van der Waals surface area contributed by atoms with Crippen molar-refractivity contribution < 1.29 is 9.47 Å². The van der Waals surface area contributed by atoms with Gasteiger partial charge in [-0.2, -0.15) is 0 Å². The predicted molar refractivity (Wildman–Crippen MR) is 108 cm³/mol. The number of pyridine rings is 1. The number of nitrogens with zero attached hydrogens (tertiary/aromatic N) is 4. The topological polar surface area (TPSA) is 61.5 Å². The van der Waals surface area contributed by atoms with Crippen molar-refractivity contribution in [1.29, 1.82) is 0 Å². The zero-order valence-corrected chi connectivity index (χ0v) is 16.2. The van der Waals surface area contributed by atoms with Gasteiger partial charge in [0.25, 0.3) is 0 Å². The Balaban J connectivity index is 1.64. The number of hydrogen-bond acceptors (Lipinski definition) is 5. The summed E-state index contributed by atoms with van der Waals surface area (Å²) in [6.07, 6.45) is 5.52. The van der Waals surface area contributed by atoms with Gasteiger partial charge in [0.05, 0.1) is 35.6 Å². The minimum absolute atomic E-state index is 0.161. The zero-order chi connectivity index (χ0) is 19.1. The molecular formula is C21H19ClN4O2. The van der Waals surface area contributed by atoms with Crippen LogP contribution in [0.3, 0.4) is 0 Å². The van der Waals surface area contributed by atoms with Crippen LogP contribution in [0.4, 0.5) is 0 Å². The van der Waals surface area contributed by atoms with Crippen LogP contribution in [0.5, 0.6) is 5.75 Å². The molecule has 1 aliphatic heterocycles. The monoisotopic (exact) mass is 394 g/mol. The average molecular weight is 395 g/mol. The van der Waals surface area contributed by atoms with E-state index < -0.39 is 0 Å². The molecule has 0 saturated carbocycles. The third-order valence-corrected chi connectivity index (χ3v) is 5.38. The van der Waals surface area contributed by atoms with E-state index in [-0.39, 0.29) is 6.10 Å². The summed E-state index contributed by atoms with van der Waals surface area (Å²) in [5.74, 6) is 1.51. The highest BCUT2D eigenvalue weighted by atomic mass is 35.5. The number of hydrogen-bond donors (Lipinski definition) is 0. The summed E-state index contributed by atoms with van der Waals surface area (Å²) in [4.78, 5) is 13.8. The lowest BCUT2D eigenvalue weighted by atomic mass is 10.1. The standard InChI is InChI=1S/C21H19ClN4O2/c1-13-19-12-24-20(26(19)21-18(25-13)3-2-8-23-21)16-11-15(4-5-17(16)22)28-14-6-9-27-10-7-14/h2-5,8,11-12,14H,6-7,9-10H2,1H3. The molecule has 0 amide bonds. The first kappa shape index (κ1) is 17.4. The lowest BCUT2D eigenvalue weighted by Crippen LogP contribution is -2.25. The lowest BCUT2D eigenvalue weighted by Gasteiger charge is -2.23. The Bertz CT molecular complexity index is 1170. The molecule has 1 fully saturated rings. The number of ether oxygens (including phenoxy) is 2. The average Bonchev–Trinajstić information content (AvgIpc) is 3.16. The van der Waals surface area contributed by atoms with Crippen molar-refractivity contribution in [3.05, 3.63) is 53.4 Å². The molecule has 0 unspecified atom stereocenters. The summed E-state index contributed by atoms with van der Waals surface area (Å²) in [5.41, 5.74) is 4.18. The molecule has 28 heavy (non-hydrogen) atoms. The molecule has 1 saturated heterocycles. The van der Waals surface area contributed by atoms with Crippen LogP contribution in [-0.4, -0.2) is 38.7 Å². The van der Waals surface area contributed by atoms with Gasteiger partial charge < -0.3 is 9.47 Å². The van der Waals surface area contributed by atoms with E-state index in [0.717, 1.165) is 65.6 Å². The lowest BCUT2D eigenvalue weighted by molar-refractivity contribution is 0.0256. The second kappa shape index (κ2) is 7.04. The normalized spacial score (nSPS) is 15.4. The number of benzene rings is 1. The first-order valence-corrected chi connectivity index (χ1v) is 9.71. The summed E-state index contributed by atoms with van der Waals surface area (Å²) in [5, 5.41) is 0.616. The van der Waals surface area contributed by atoms with Crippen molar-refractivity contribution in [1.82, 2.24) is 19.4 Å². The number of aromatic nitrogens is 4. The van der Waals surface area contributed by atoms with Crippen LogP contribution in [0, 0.1) is 6.92 Å². The highest BCUT2D eigenvalue weighted by Crippen LogP contribution is 2.33. The third kappa shape index (κ3) is 2.99. The Morgan fingerprint density at radius 3 is 2.89 bits per heavy atom.